The Morgan fingerprint density at radius 1 is 1.00 bits per heavy atom. The molecule has 0 bridgehead atoms. The zero-order chi connectivity index (χ0) is 18.5. The molecule has 0 fully saturated rings. The van der Waals surface area contributed by atoms with Crippen LogP contribution in [0.5, 0.6) is 5.75 Å². The van der Waals surface area contributed by atoms with Crippen LogP contribution in [0.2, 0.25) is 0 Å². The highest BCUT2D eigenvalue weighted by Gasteiger charge is 2.09. The molecule has 1 N–H and O–H groups in total. The number of benzene rings is 2. The number of hydrogen-bond donors (Lipinski definition) is 1. The van der Waals surface area contributed by atoms with Gasteiger partial charge in [-0.1, -0.05) is 17.7 Å². The molecule has 0 saturated heterocycles. The van der Waals surface area contributed by atoms with Gasteiger partial charge in [0.05, 0.1) is 11.3 Å². The van der Waals surface area contributed by atoms with E-state index in [0.717, 1.165) is 17.0 Å². The van der Waals surface area contributed by atoms with Crippen LogP contribution in [0.25, 0.3) is 5.69 Å². The maximum Gasteiger partial charge on any atom is 0.338 e. The van der Waals surface area contributed by atoms with Crippen LogP contribution in [0.1, 0.15) is 21.6 Å². The predicted octanol–water partition coefficient (Wildman–Crippen LogP) is 3.02. The van der Waals surface area contributed by atoms with E-state index in [1.165, 1.54) is 4.57 Å². The third-order valence-corrected chi connectivity index (χ3v) is 3.93. The molecule has 0 spiro atoms. The molecule has 0 radical (unpaired) electrons. The normalized spacial score (nSPS) is 10.5. The summed E-state index contributed by atoms with van der Waals surface area (Å²) in [6.45, 7) is 4.27. The summed E-state index contributed by atoms with van der Waals surface area (Å²) in [4.78, 5) is 26.5. The second-order valence-corrected chi connectivity index (χ2v) is 5.91. The van der Waals surface area contributed by atoms with Gasteiger partial charge in [0.2, 0.25) is 0 Å². The van der Waals surface area contributed by atoms with Crippen LogP contribution in [0.15, 0.2) is 59.5 Å². The summed E-state index contributed by atoms with van der Waals surface area (Å²) in [5, 5.41) is 0. The molecule has 2 aromatic carbocycles. The molecular weight excluding hydrogens is 332 g/mol. The third-order valence-electron chi connectivity index (χ3n) is 3.93. The monoisotopic (exact) mass is 352 g/mol. The largest absolute Gasteiger partial charge is 0.490 e. The molecular formula is C20H20N2O4. The summed E-state index contributed by atoms with van der Waals surface area (Å²) in [7, 11) is 0. The van der Waals surface area contributed by atoms with E-state index in [9.17, 15) is 9.59 Å². The second kappa shape index (κ2) is 7.74. The number of hydrogen-bond acceptors (Lipinski definition) is 4. The van der Waals surface area contributed by atoms with E-state index in [1.807, 2.05) is 38.1 Å². The highest BCUT2D eigenvalue weighted by molar-refractivity contribution is 5.89. The van der Waals surface area contributed by atoms with Crippen molar-refractivity contribution in [2.45, 2.75) is 13.8 Å². The van der Waals surface area contributed by atoms with Crippen molar-refractivity contribution in [3.63, 3.8) is 0 Å². The minimum atomic E-state index is -0.429. The molecule has 0 saturated carbocycles. The molecule has 3 aromatic rings. The highest BCUT2D eigenvalue weighted by atomic mass is 16.6. The van der Waals surface area contributed by atoms with E-state index in [-0.39, 0.29) is 18.9 Å². The van der Waals surface area contributed by atoms with Crippen LogP contribution >= 0.6 is 0 Å². The van der Waals surface area contributed by atoms with Crippen LogP contribution in [0, 0.1) is 13.8 Å². The number of H-pyrrole nitrogens is 1. The molecule has 134 valence electrons. The van der Waals surface area contributed by atoms with Crippen LogP contribution in [0.4, 0.5) is 0 Å². The molecule has 0 amide bonds. The topological polar surface area (TPSA) is 73.3 Å². The number of aromatic amines is 1. The number of carbonyl (C=O) groups is 1. The number of rotatable bonds is 6. The van der Waals surface area contributed by atoms with E-state index in [4.69, 9.17) is 9.47 Å². The van der Waals surface area contributed by atoms with E-state index in [2.05, 4.69) is 4.98 Å². The van der Waals surface area contributed by atoms with Gasteiger partial charge in [0.25, 0.3) is 0 Å². The number of aryl methyl sites for hydroxylation is 2. The Morgan fingerprint density at radius 3 is 2.31 bits per heavy atom. The zero-order valence-electron chi connectivity index (χ0n) is 14.7. The van der Waals surface area contributed by atoms with Crippen molar-refractivity contribution in [3.8, 4) is 11.4 Å². The molecule has 6 nitrogen and oxygen atoms in total. The lowest BCUT2D eigenvalue weighted by Crippen LogP contribution is -2.16. The predicted molar refractivity (Wildman–Crippen MR) is 98.1 cm³/mol. The van der Waals surface area contributed by atoms with E-state index in [0.29, 0.717) is 11.3 Å². The fourth-order valence-electron chi connectivity index (χ4n) is 2.53. The quantitative estimate of drug-likeness (QED) is 0.547. The number of imidazole rings is 1. The van der Waals surface area contributed by atoms with Gasteiger partial charge >= 0.3 is 11.7 Å². The average molecular weight is 352 g/mol. The van der Waals surface area contributed by atoms with E-state index >= 15 is 0 Å². The van der Waals surface area contributed by atoms with Crippen molar-refractivity contribution in [1.29, 1.82) is 0 Å². The average Bonchev–Trinajstić information content (AvgIpc) is 2.98. The van der Waals surface area contributed by atoms with Crippen molar-refractivity contribution in [2.75, 3.05) is 13.2 Å². The minimum absolute atomic E-state index is 0.158. The molecule has 3 rings (SSSR count). The molecule has 6 heteroatoms. The SMILES string of the molecule is Cc1ccc(OCCOC(=O)c2ccc(-n3c(C)c[nH]c3=O)cc2)cc1. The van der Waals surface area contributed by atoms with Gasteiger partial charge < -0.3 is 14.5 Å². The first-order valence-electron chi connectivity index (χ1n) is 8.28. The van der Waals surface area contributed by atoms with Gasteiger partial charge in [0, 0.05) is 11.9 Å². The summed E-state index contributed by atoms with van der Waals surface area (Å²) in [6, 6.07) is 14.4. The highest BCUT2D eigenvalue weighted by Crippen LogP contribution is 2.12. The van der Waals surface area contributed by atoms with Crippen molar-refractivity contribution in [3.05, 3.63) is 82.0 Å². The summed E-state index contributed by atoms with van der Waals surface area (Å²) >= 11 is 0. The Bertz CT molecular complexity index is 937. The Morgan fingerprint density at radius 2 is 1.69 bits per heavy atom. The Balaban J connectivity index is 1.53. The van der Waals surface area contributed by atoms with Crippen LogP contribution in [-0.2, 0) is 4.74 Å². The smallest absolute Gasteiger partial charge is 0.338 e. The fraction of sp³-hybridized carbons (Fsp3) is 0.200. The van der Waals surface area contributed by atoms with Crippen LogP contribution in [-0.4, -0.2) is 28.7 Å². The maximum atomic E-state index is 12.1. The van der Waals surface area contributed by atoms with Crippen molar-refractivity contribution >= 4 is 5.97 Å². The lowest BCUT2D eigenvalue weighted by molar-refractivity contribution is 0.0450. The van der Waals surface area contributed by atoms with Crippen molar-refractivity contribution in [2.24, 2.45) is 0 Å². The summed E-state index contributed by atoms with van der Waals surface area (Å²) < 4.78 is 12.3. The molecule has 0 aliphatic heterocycles. The van der Waals surface area contributed by atoms with Crippen molar-refractivity contribution < 1.29 is 14.3 Å². The minimum Gasteiger partial charge on any atom is -0.490 e. The van der Waals surface area contributed by atoms with Gasteiger partial charge in [0.15, 0.2) is 0 Å². The standard InChI is InChI=1S/C20H20N2O4/c1-14-3-9-18(10-4-14)25-11-12-26-19(23)16-5-7-17(8-6-16)22-15(2)13-21-20(22)24/h3-10,13H,11-12H2,1-2H3,(H,21,24). The van der Waals surface area contributed by atoms with Crippen LogP contribution in [0.3, 0.4) is 0 Å². The number of nitrogens with one attached hydrogen (secondary N) is 1. The number of nitrogens with zero attached hydrogens (tertiary/aromatic N) is 1. The van der Waals surface area contributed by atoms with Gasteiger partial charge in [-0.15, -0.1) is 0 Å². The van der Waals surface area contributed by atoms with Gasteiger partial charge in [-0.2, -0.15) is 0 Å². The molecule has 26 heavy (non-hydrogen) atoms. The number of aromatic nitrogens is 2. The Hall–Kier alpha value is -3.28. The summed E-state index contributed by atoms with van der Waals surface area (Å²) in [6.07, 6.45) is 1.64. The first-order chi connectivity index (χ1) is 12.5. The Labute approximate surface area is 151 Å². The summed E-state index contributed by atoms with van der Waals surface area (Å²) in [5.41, 5.74) is 2.84. The van der Waals surface area contributed by atoms with Crippen molar-refractivity contribution in [1.82, 2.24) is 9.55 Å². The number of esters is 1. The second-order valence-electron chi connectivity index (χ2n) is 5.91. The Kier molecular flexibility index (Phi) is 5.22. The molecule has 1 aromatic heterocycles. The first-order valence-corrected chi connectivity index (χ1v) is 8.28. The van der Waals surface area contributed by atoms with Gasteiger partial charge in [-0.25, -0.2) is 9.59 Å². The van der Waals surface area contributed by atoms with Gasteiger partial charge in [0.1, 0.15) is 19.0 Å². The maximum absolute atomic E-state index is 12.1. The van der Waals surface area contributed by atoms with E-state index < -0.39 is 5.97 Å². The van der Waals surface area contributed by atoms with Crippen LogP contribution < -0.4 is 10.4 Å². The molecule has 0 aliphatic carbocycles. The third kappa shape index (κ3) is 4.03. The number of carbonyl (C=O) groups excluding carboxylic acids is 1. The van der Waals surface area contributed by atoms with E-state index in [1.54, 1.807) is 30.5 Å². The molecule has 1 heterocycles. The summed E-state index contributed by atoms with van der Waals surface area (Å²) in [5.74, 6) is 0.311. The lowest BCUT2D eigenvalue weighted by atomic mass is 10.2. The van der Waals surface area contributed by atoms with Gasteiger partial charge in [-0.3, -0.25) is 4.57 Å². The zero-order valence-corrected chi connectivity index (χ0v) is 14.7. The molecule has 0 aliphatic rings. The molecule has 0 unspecified atom stereocenters. The first kappa shape index (κ1) is 17.5. The lowest BCUT2D eigenvalue weighted by Gasteiger charge is -2.08. The fourth-order valence-corrected chi connectivity index (χ4v) is 2.53. The van der Waals surface area contributed by atoms with Gasteiger partial charge in [-0.05, 0) is 50.2 Å². The molecule has 0 atom stereocenters. The number of ether oxygens (including phenoxy) is 2.